The summed E-state index contributed by atoms with van der Waals surface area (Å²) in [5.74, 6) is -0.543. The number of aromatic nitrogens is 1. The van der Waals surface area contributed by atoms with Gasteiger partial charge in [0.05, 0.1) is 17.2 Å². The normalized spacial score (nSPS) is 15.8. The molecule has 0 bridgehead atoms. The van der Waals surface area contributed by atoms with Crippen molar-refractivity contribution in [2.75, 3.05) is 5.32 Å². The van der Waals surface area contributed by atoms with Crippen LogP contribution >= 0.6 is 11.3 Å². The van der Waals surface area contributed by atoms with Gasteiger partial charge in [-0.05, 0) is 37.0 Å². The van der Waals surface area contributed by atoms with Crippen molar-refractivity contribution in [1.29, 1.82) is 5.26 Å². The van der Waals surface area contributed by atoms with Gasteiger partial charge in [-0.3, -0.25) is 10.1 Å². The van der Waals surface area contributed by atoms with Gasteiger partial charge in [-0.15, -0.1) is 11.3 Å². The van der Waals surface area contributed by atoms with E-state index in [1.807, 2.05) is 0 Å². The predicted octanol–water partition coefficient (Wildman–Crippen LogP) is 3.48. The number of amides is 1. The maximum atomic E-state index is 13.2. The molecular weight excluding hydrogens is 367 g/mol. The van der Waals surface area contributed by atoms with E-state index in [0.717, 1.165) is 23.8 Å². The van der Waals surface area contributed by atoms with Crippen molar-refractivity contribution in [3.63, 3.8) is 0 Å². The third kappa shape index (κ3) is 3.71. The maximum Gasteiger partial charge on any atom is 0.416 e. The first-order chi connectivity index (χ1) is 12.2. The van der Waals surface area contributed by atoms with Crippen LogP contribution in [-0.2, 0) is 17.4 Å². The zero-order valence-electron chi connectivity index (χ0n) is 13.4. The van der Waals surface area contributed by atoms with Gasteiger partial charge < -0.3 is 5.11 Å². The van der Waals surface area contributed by atoms with E-state index in [1.54, 1.807) is 6.07 Å². The van der Waals surface area contributed by atoms with E-state index in [9.17, 15) is 23.1 Å². The summed E-state index contributed by atoms with van der Waals surface area (Å²) in [7, 11) is 0. The first kappa shape index (κ1) is 18.4. The predicted molar refractivity (Wildman–Crippen MR) is 88.5 cm³/mol. The number of halogens is 3. The van der Waals surface area contributed by atoms with Gasteiger partial charge in [-0.2, -0.15) is 18.4 Å². The van der Waals surface area contributed by atoms with Crippen LogP contribution in [0, 0.1) is 11.3 Å². The Labute approximate surface area is 151 Å². The number of nitriles is 1. The average molecular weight is 381 g/mol. The van der Waals surface area contributed by atoms with Crippen molar-refractivity contribution in [1.82, 2.24) is 4.98 Å². The van der Waals surface area contributed by atoms with Crippen LogP contribution in [0.3, 0.4) is 0 Å². The number of nitrogens with zero attached hydrogens (tertiary/aromatic N) is 2. The SMILES string of the molecule is N#Cc1ccc(Cc2cnc(NC(=O)C3(O)CCC3)s2)c(C(F)(F)F)c1. The molecule has 1 saturated carbocycles. The number of carbonyl (C=O) groups excluding carboxylic acids is 1. The molecule has 1 aliphatic carbocycles. The number of nitrogens with one attached hydrogen (secondary N) is 1. The van der Waals surface area contributed by atoms with Crippen LogP contribution in [-0.4, -0.2) is 21.6 Å². The van der Waals surface area contributed by atoms with Gasteiger partial charge in [0.2, 0.25) is 0 Å². The molecule has 0 saturated heterocycles. The highest BCUT2D eigenvalue weighted by molar-refractivity contribution is 7.15. The Bertz CT molecular complexity index is 882. The summed E-state index contributed by atoms with van der Waals surface area (Å²) in [4.78, 5) is 16.5. The Balaban J connectivity index is 1.77. The summed E-state index contributed by atoms with van der Waals surface area (Å²) in [6, 6.07) is 5.13. The molecule has 0 atom stereocenters. The lowest BCUT2D eigenvalue weighted by atomic mass is 9.80. The number of rotatable bonds is 4. The molecular formula is C17H14F3N3O2S. The highest BCUT2D eigenvalue weighted by Crippen LogP contribution is 2.35. The van der Waals surface area contributed by atoms with Crippen LogP contribution in [0.4, 0.5) is 18.3 Å². The largest absolute Gasteiger partial charge is 0.416 e. The van der Waals surface area contributed by atoms with Crippen molar-refractivity contribution < 1.29 is 23.1 Å². The van der Waals surface area contributed by atoms with Gasteiger partial charge >= 0.3 is 6.18 Å². The van der Waals surface area contributed by atoms with E-state index < -0.39 is 23.2 Å². The number of carbonyl (C=O) groups is 1. The zero-order chi connectivity index (χ0) is 18.9. The highest BCUT2D eigenvalue weighted by Gasteiger charge is 2.42. The second kappa shape index (κ2) is 6.70. The van der Waals surface area contributed by atoms with Crippen LogP contribution in [0.5, 0.6) is 0 Å². The molecule has 2 N–H and O–H groups in total. The minimum Gasteiger partial charge on any atom is -0.380 e. The fourth-order valence-corrected chi connectivity index (χ4v) is 3.48. The maximum absolute atomic E-state index is 13.2. The van der Waals surface area contributed by atoms with E-state index >= 15 is 0 Å². The smallest absolute Gasteiger partial charge is 0.380 e. The van der Waals surface area contributed by atoms with E-state index in [-0.39, 0.29) is 22.7 Å². The van der Waals surface area contributed by atoms with Crippen LogP contribution in [0.25, 0.3) is 0 Å². The number of benzene rings is 1. The second-order valence-corrected chi connectivity index (χ2v) is 7.24. The highest BCUT2D eigenvalue weighted by atomic mass is 32.1. The van der Waals surface area contributed by atoms with Gasteiger partial charge in [0.25, 0.3) is 5.91 Å². The molecule has 3 rings (SSSR count). The lowest BCUT2D eigenvalue weighted by Crippen LogP contribution is -2.48. The first-order valence-electron chi connectivity index (χ1n) is 7.80. The Morgan fingerprint density at radius 2 is 2.15 bits per heavy atom. The lowest BCUT2D eigenvalue weighted by Gasteiger charge is -2.34. The molecule has 9 heteroatoms. The minimum atomic E-state index is -4.57. The topological polar surface area (TPSA) is 86.0 Å². The molecule has 5 nitrogen and oxygen atoms in total. The third-order valence-corrected chi connectivity index (χ3v) is 5.20. The molecule has 2 aromatic rings. The van der Waals surface area contributed by atoms with Gasteiger partial charge in [-0.25, -0.2) is 4.98 Å². The molecule has 136 valence electrons. The molecule has 1 aromatic carbocycles. The van der Waals surface area contributed by atoms with Crippen molar-refractivity contribution >= 4 is 22.4 Å². The van der Waals surface area contributed by atoms with Crippen LogP contribution in [0.15, 0.2) is 24.4 Å². The van der Waals surface area contributed by atoms with Crippen molar-refractivity contribution in [2.45, 2.75) is 37.5 Å². The molecule has 1 fully saturated rings. The van der Waals surface area contributed by atoms with E-state index in [1.165, 1.54) is 18.3 Å². The standard InChI is InChI=1S/C17H14F3N3O2S/c18-17(19,20)13-6-10(8-21)2-3-11(13)7-12-9-22-15(26-12)23-14(24)16(25)4-1-5-16/h2-3,6,9,25H,1,4-5,7H2,(H,22,23,24). The summed E-state index contributed by atoms with van der Waals surface area (Å²) in [5.41, 5.74) is -2.27. The lowest BCUT2D eigenvalue weighted by molar-refractivity contribution is -0.142. The summed E-state index contributed by atoms with van der Waals surface area (Å²) in [6.07, 6.45) is -1.67. The first-order valence-corrected chi connectivity index (χ1v) is 8.62. The summed E-state index contributed by atoms with van der Waals surface area (Å²) in [5, 5.41) is 21.5. The number of hydrogen-bond acceptors (Lipinski definition) is 5. The number of alkyl halides is 3. The monoisotopic (exact) mass is 381 g/mol. The van der Waals surface area contributed by atoms with E-state index in [4.69, 9.17) is 5.26 Å². The summed E-state index contributed by atoms with van der Waals surface area (Å²) in [6.45, 7) is 0. The fraction of sp³-hybridized carbons (Fsp3) is 0.353. The molecule has 0 radical (unpaired) electrons. The van der Waals surface area contributed by atoms with Crippen LogP contribution < -0.4 is 5.32 Å². The summed E-state index contributed by atoms with van der Waals surface area (Å²) < 4.78 is 39.6. The van der Waals surface area contributed by atoms with E-state index in [2.05, 4.69) is 10.3 Å². The Hall–Kier alpha value is -2.44. The number of aliphatic hydroxyl groups is 1. The number of anilines is 1. The van der Waals surface area contributed by atoms with Gasteiger partial charge in [0.1, 0.15) is 5.60 Å². The Kier molecular flexibility index (Phi) is 4.73. The second-order valence-electron chi connectivity index (χ2n) is 6.13. The van der Waals surface area contributed by atoms with Crippen molar-refractivity contribution in [3.8, 4) is 6.07 Å². The fourth-order valence-electron chi connectivity index (χ4n) is 2.65. The molecule has 1 aliphatic rings. The van der Waals surface area contributed by atoms with Crippen molar-refractivity contribution in [2.24, 2.45) is 0 Å². The molecule has 1 heterocycles. The van der Waals surface area contributed by atoms with Crippen LogP contribution in [0.2, 0.25) is 0 Å². The minimum absolute atomic E-state index is 0.0237. The molecule has 26 heavy (non-hydrogen) atoms. The number of hydrogen-bond donors (Lipinski definition) is 2. The summed E-state index contributed by atoms with van der Waals surface area (Å²) >= 11 is 1.05. The Morgan fingerprint density at radius 1 is 1.42 bits per heavy atom. The number of thiazole rings is 1. The zero-order valence-corrected chi connectivity index (χ0v) is 14.2. The molecule has 0 aliphatic heterocycles. The van der Waals surface area contributed by atoms with Gasteiger partial charge in [0.15, 0.2) is 5.13 Å². The molecule has 1 aromatic heterocycles. The van der Waals surface area contributed by atoms with Crippen molar-refractivity contribution in [3.05, 3.63) is 46.0 Å². The molecule has 0 spiro atoms. The van der Waals surface area contributed by atoms with Gasteiger partial charge in [-0.1, -0.05) is 6.07 Å². The van der Waals surface area contributed by atoms with Gasteiger partial charge in [0, 0.05) is 17.5 Å². The molecule has 1 amide bonds. The average Bonchev–Trinajstić information content (AvgIpc) is 2.98. The third-order valence-electron chi connectivity index (χ3n) is 4.29. The molecule has 0 unspecified atom stereocenters. The van der Waals surface area contributed by atoms with E-state index in [0.29, 0.717) is 17.7 Å². The quantitative estimate of drug-likeness (QED) is 0.849. The Morgan fingerprint density at radius 3 is 2.73 bits per heavy atom. The van der Waals surface area contributed by atoms with Crippen LogP contribution in [0.1, 0.15) is 40.8 Å².